The third-order valence-electron chi connectivity index (χ3n) is 4.28. The molecule has 6 nitrogen and oxygen atoms in total. The van der Waals surface area contributed by atoms with Crippen LogP contribution < -0.4 is 14.8 Å². The summed E-state index contributed by atoms with van der Waals surface area (Å²) in [6.07, 6.45) is -0.402. The smallest absolute Gasteiger partial charge is 0.265 e. The monoisotopic (exact) mass is 462 g/mol. The second-order valence-electron chi connectivity index (χ2n) is 6.59. The number of carbonyl (C=O) groups is 1. The van der Waals surface area contributed by atoms with Crippen LogP contribution in [-0.4, -0.2) is 20.4 Å². The minimum atomic E-state index is -3.80. The lowest BCUT2D eigenvalue weighted by atomic mass is 10.2. The summed E-state index contributed by atoms with van der Waals surface area (Å²) in [6.45, 7) is 1.78. The fraction of sp³-hybridized carbons (Fsp3) is 0.136. The van der Waals surface area contributed by atoms with E-state index in [1.165, 1.54) is 48.5 Å². The van der Waals surface area contributed by atoms with Crippen LogP contribution in [0, 0.1) is 5.82 Å². The van der Waals surface area contributed by atoms with Crippen molar-refractivity contribution >= 4 is 38.9 Å². The Morgan fingerprint density at radius 2 is 1.55 bits per heavy atom. The second kappa shape index (κ2) is 9.80. The van der Waals surface area contributed by atoms with Crippen molar-refractivity contribution in [2.24, 2.45) is 0 Å². The summed E-state index contributed by atoms with van der Waals surface area (Å²) in [5.74, 6) is -0.426. The number of amides is 1. The SMILES string of the molecule is CCC(Oc1ccc(F)cc1)C(=O)Nc1ccc(S(=O)(=O)Nc2ccc(Cl)cc2)cc1. The van der Waals surface area contributed by atoms with E-state index in [0.29, 0.717) is 28.6 Å². The maximum Gasteiger partial charge on any atom is 0.265 e. The number of anilines is 2. The number of hydrogen-bond donors (Lipinski definition) is 2. The largest absolute Gasteiger partial charge is 0.481 e. The average molecular weight is 463 g/mol. The summed E-state index contributed by atoms with van der Waals surface area (Å²) in [6, 6.07) is 17.4. The van der Waals surface area contributed by atoms with Crippen molar-refractivity contribution < 1.29 is 22.3 Å². The van der Waals surface area contributed by atoms with E-state index in [1.54, 1.807) is 31.2 Å². The molecule has 0 spiro atoms. The van der Waals surface area contributed by atoms with Crippen LogP contribution in [-0.2, 0) is 14.8 Å². The summed E-state index contributed by atoms with van der Waals surface area (Å²) in [7, 11) is -3.80. The predicted octanol–water partition coefficient (Wildman–Crippen LogP) is 5.08. The lowest BCUT2D eigenvalue weighted by Crippen LogP contribution is -2.32. The first kappa shape index (κ1) is 22.6. The van der Waals surface area contributed by atoms with Gasteiger partial charge in [-0.25, -0.2) is 12.8 Å². The number of hydrogen-bond acceptors (Lipinski definition) is 4. The molecule has 0 saturated carbocycles. The number of nitrogens with one attached hydrogen (secondary N) is 2. The van der Waals surface area contributed by atoms with Crippen LogP contribution >= 0.6 is 11.6 Å². The van der Waals surface area contributed by atoms with E-state index in [9.17, 15) is 17.6 Å². The quantitative estimate of drug-likeness (QED) is 0.489. The molecule has 0 bridgehead atoms. The Morgan fingerprint density at radius 1 is 0.968 bits per heavy atom. The minimum Gasteiger partial charge on any atom is -0.481 e. The Labute approximate surface area is 185 Å². The fourth-order valence-corrected chi connectivity index (χ4v) is 3.86. The van der Waals surface area contributed by atoms with Crippen molar-refractivity contribution in [2.75, 3.05) is 10.0 Å². The molecule has 9 heteroatoms. The number of carbonyl (C=O) groups excluding carboxylic acids is 1. The topological polar surface area (TPSA) is 84.5 Å². The third-order valence-corrected chi connectivity index (χ3v) is 5.93. The van der Waals surface area contributed by atoms with Crippen molar-refractivity contribution in [3.63, 3.8) is 0 Å². The highest BCUT2D eigenvalue weighted by Crippen LogP contribution is 2.21. The molecule has 0 aliphatic rings. The van der Waals surface area contributed by atoms with Gasteiger partial charge in [0.1, 0.15) is 11.6 Å². The first-order chi connectivity index (χ1) is 14.8. The van der Waals surface area contributed by atoms with Crippen molar-refractivity contribution in [1.82, 2.24) is 0 Å². The van der Waals surface area contributed by atoms with E-state index in [4.69, 9.17) is 16.3 Å². The van der Waals surface area contributed by atoms with E-state index in [1.807, 2.05) is 0 Å². The van der Waals surface area contributed by atoms with Gasteiger partial charge in [-0.2, -0.15) is 0 Å². The van der Waals surface area contributed by atoms with Crippen LogP contribution in [0.4, 0.5) is 15.8 Å². The zero-order valence-corrected chi connectivity index (χ0v) is 18.1. The van der Waals surface area contributed by atoms with Crippen molar-refractivity contribution in [2.45, 2.75) is 24.3 Å². The first-order valence-corrected chi connectivity index (χ1v) is 11.2. The molecule has 31 heavy (non-hydrogen) atoms. The Morgan fingerprint density at radius 3 is 2.13 bits per heavy atom. The molecule has 0 radical (unpaired) electrons. The molecule has 3 rings (SSSR count). The maximum atomic E-state index is 13.0. The molecule has 1 unspecified atom stereocenters. The van der Waals surface area contributed by atoms with Gasteiger partial charge in [0, 0.05) is 16.4 Å². The number of rotatable bonds is 8. The zero-order valence-electron chi connectivity index (χ0n) is 16.5. The normalized spacial score (nSPS) is 12.1. The molecule has 2 N–H and O–H groups in total. The highest BCUT2D eigenvalue weighted by atomic mass is 35.5. The Hall–Kier alpha value is -3.10. The van der Waals surface area contributed by atoms with Gasteiger partial charge in [-0.3, -0.25) is 9.52 Å². The summed E-state index contributed by atoms with van der Waals surface area (Å²) in [4.78, 5) is 12.6. The molecule has 0 aliphatic heterocycles. The molecule has 1 amide bonds. The third kappa shape index (κ3) is 6.19. The van der Waals surface area contributed by atoms with Crippen molar-refractivity contribution in [1.29, 1.82) is 0 Å². The first-order valence-electron chi connectivity index (χ1n) is 9.38. The molecule has 0 heterocycles. The summed E-state index contributed by atoms with van der Waals surface area (Å²) < 4.78 is 46.1. The van der Waals surface area contributed by atoms with Gasteiger partial charge in [-0.15, -0.1) is 0 Å². The number of ether oxygens (including phenoxy) is 1. The summed E-state index contributed by atoms with van der Waals surface area (Å²) in [5.41, 5.74) is 0.794. The van der Waals surface area contributed by atoms with Crippen LogP contribution in [0.15, 0.2) is 77.7 Å². The van der Waals surface area contributed by atoms with E-state index < -0.39 is 27.9 Å². The Bertz CT molecular complexity index is 1140. The highest BCUT2D eigenvalue weighted by molar-refractivity contribution is 7.92. The van der Waals surface area contributed by atoms with Gasteiger partial charge in [0.05, 0.1) is 4.90 Å². The molecule has 3 aromatic carbocycles. The zero-order chi connectivity index (χ0) is 22.4. The molecule has 0 fully saturated rings. The summed E-state index contributed by atoms with van der Waals surface area (Å²) in [5, 5.41) is 3.19. The van der Waals surface area contributed by atoms with Crippen molar-refractivity contribution in [3.05, 3.63) is 83.6 Å². The summed E-state index contributed by atoms with van der Waals surface area (Å²) >= 11 is 5.81. The predicted molar refractivity (Wildman–Crippen MR) is 118 cm³/mol. The molecule has 162 valence electrons. The van der Waals surface area contributed by atoms with E-state index in [2.05, 4.69) is 10.0 Å². The van der Waals surface area contributed by atoms with Gasteiger partial charge in [0.15, 0.2) is 6.10 Å². The molecular weight excluding hydrogens is 443 g/mol. The standard InChI is InChI=1S/C22H20ClFN2O4S/c1-2-21(30-19-11-5-16(24)6-12-19)22(27)25-17-9-13-20(14-10-17)31(28,29)26-18-7-3-15(23)4-8-18/h3-14,21,26H,2H2,1H3,(H,25,27). The highest BCUT2D eigenvalue weighted by Gasteiger charge is 2.19. The van der Waals surface area contributed by atoms with Gasteiger partial charge in [-0.1, -0.05) is 18.5 Å². The molecule has 0 saturated heterocycles. The van der Waals surface area contributed by atoms with Gasteiger partial charge in [0.25, 0.3) is 15.9 Å². The van der Waals surface area contributed by atoms with Gasteiger partial charge in [-0.05, 0) is 79.2 Å². The van der Waals surface area contributed by atoms with Gasteiger partial charge < -0.3 is 10.1 Å². The lowest BCUT2D eigenvalue weighted by Gasteiger charge is -2.17. The van der Waals surface area contributed by atoms with Crippen LogP contribution in [0.2, 0.25) is 5.02 Å². The average Bonchev–Trinajstić information content (AvgIpc) is 2.75. The van der Waals surface area contributed by atoms with E-state index >= 15 is 0 Å². The molecular formula is C22H20ClFN2O4S. The lowest BCUT2D eigenvalue weighted by molar-refractivity contribution is -0.122. The minimum absolute atomic E-state index is 0.0371. The maximum absolute atomic E-state index is 13.0. The Balaban J connectivity index is 1.65. The molecule has 0 aromatic heterocycles. The number of halogens is 2. The van der Waals surface area contributed by atoms with Gasteiger partial charge in [0.2, 0.25) is 0 Å². The van der Waals surface area contributed by atoms with E-state index in [-0.39, 0.29) is 4.90 Å². The van der Waals surface area contributed by atoms with Gasteiger partial charge >= 0.3 is 0 Å². The van der Waals surface area contributed by atoms with Crippen LogP contribution in [0.5, 0.6) is 5.75 Å². The molecule has 3 aromatic rings. The van der Waals surface area contributed by atoms with E-state index in [0.717, 1.165) is 0 Å². The molecule has 0 aliphatic carbocycles. The fourth-order valence-electron chi connectivity index (χ4n) is 2.67. The Kier molecular flexibility index (Phi) is 7.14. The number of benzene rings is 3. The van der Waals surface area contributed by atoms with Crippen LogP contribution in [0.1, 0.15) is 13.3 Å². The van der Waals surface area contributed by atoms with Crippen LogP contribution in [0.3, 0.4) is 0 Å². The molecule has 1 atom stereocenters. The second-order valence-corrected chi connectivity index (χ2v) is 8.71. The number of sulfonamides is 1. The van der Waals surface area contributed by atoms with Crippen LogP contribution in [0.25, 0.3) is 0 Å². The van der Waals surface area contributed by atoms with Crippen molar-refractivity contribution in [3.8, 4) is 5.75 Å².